The number of hydrogen-bond acceptors (Lipinski definition) is 3. The number of benzene rings is 1. The third-order valence-corrected chi connectivity index (χ3v) is 4.89. The lowest BCUT2D eigenvalue weighted by Gasteiger charge is -2.37. The SMILES string of the molecule is CCN(CC(=O)O)C1CCN(Cc2ccc(CC(C)C)cc2)CC1. The molecule has 0 amide bonds. The molecule has 1 aromatic rings. The van der Waals surface area contributed by atoms with Gasteiger partial charge in [-0.05, 0) is 55.9 Å². The maximum absolute atomic E-state index is 11.0. The van der Waals surface area contributed by atoms with Crippen molar-refractivity contribution in [3.05, 3.63) is 35.4 Å². The second-order valence-corrected chi connectivity index (χ2v) is 7.38. The fourth-order valence-corrected chi connectivity index (χ4v) is 3.63. The predicted octanol–water partition coefficient (Wildman–Crippen LogP) is 3.26. The molecular formula is C20H32N2O2. The lowest BCUT2D eigenvalue weighted by atomic mass is 10.0. The van der Waals surface area contributed by atoms with Crippen molar-refractivity contribution in [2.75, 3.05) is 26.2 Å². The molecule has 2 rings (SSSR count). The van der Waals surface area contributed by atoms with Gasteiger partial charge in [-0.1, -0.05) is 45.0 Å². The van der Waals surface area contributed by atoms with Crippen LogP contribution in [0.15, 0.2) is 24.3 Å². The topological polar surface area (TPSA) is 43.8 Å². The maximum Gasteiger partial charge on any atom is 0.317 e. The van der Waals surface area contributed by atoms with E-state index < -0.39 is 5.97 Å². The fraction of sp³-hybridized carbons (Fsp3) is 0.650. The molecule has 0 radical (unpaired) electrons. The Labute approximate surface area is 146 Å². The van der Waals surface area contributed by atoms with Gasteiger partial charge >= 0.3 is 5.97 Å². The molecule has 0 aromatic heterocycles. The van der Waals surface area contributed by atoms with Gasteiger partial charge in [-0.3, -0.25) is 14.6 Å². The Hall–Kier alpha value is -1.39. The summed E-state index contributed by atoms with van der Waals surface area (Å²) >= 11 is 0. The molecule has 1 N–H and O–H groups in total. The van der Waals surface area contributed by atoms with Gasteiger partial charge in [-0.2, -0.15) is 0 Å². The molecule has 0 aliphatic carbocycles. The molecule has 1 heterocycles. The van der Waals surface area contributed by atoms with E-state index in [1.54, 1.807) is 0 Å². The van der Waals surface area contributed by atoms with Crippen molar-refractivity contribution < 1.29 is 9.90 Å². The van der Waals surface area contributed by atoms with Gasteiger partial charge < -0.3 is 5.11 Å². The van der Waals surface area contributed by atoms with Gasteiger partial charge in [0.1, 0.15) is 0 Å². The normalized spacial score (nSPS) is 16.9. The van der Waals surface area contributed by atoms with Crippen molar-refractivity contribution in [3.63, 3.8) is 0 Å². The predicted molar refractivity (Wildman–Crippen MR) is 98.2 cm³/mol. The van der Waals surface area contributed by atoms with Crippen LogP contribution in [0, 0.1) is 5.92 Å². The maximum atomic E-state index is 11.0. The van der Waals surface area contributed by atoms with Gasteiger partial charge in [0.2, 0.25) is 0 Å². The molecule has 1 aliphatic heterocycles. The number of carboxylic acids is 1. The molecule has 1 aromatic carbocycles. The van der Waals surface area contributed by atoms with Gasteiger partial charge in [0, 0.05) is 12.6 Å². The van der Waals surface area contributed by atoms with Gasteiger partial charge in [-0.25, -0.2) is 0 Å². The number of carbonyl (C=O) groups is 1. The van der Waals surface area contributed by atoms with E-state index in [1.807, 2.05) is 6.92 Å². The molecule has 24 heavy (non-hydrogen) atoms. The first-order valence-electron chi connectivity index (χ1n) is 9.24. The highest BCUT2D eigenvalue weighted by molar-refractivity contribution is 5.69. The zero-order valence-electron chi connectivity index (χ0n) is 15.4. The van der Waals surface area contributed by atoms with E-state index in [9.17, 15) is 4.79 Å². The van der Waals surface area contributed by atoms with Crippen LogP contribution in [0.25, 0.3) is 0 Å². The van der Waals surface area contributed by atoms with E-state index >= 15 is 0 Å². The minimum Gasteiger partial charge on any atom is -0.480 e. The van der Waals surface area contributed by atoms with Crippen molar-refractivity contribution in [3.8, 4) is 0 Å². The van der Waals surface area contributed by atoms with Crippen LogP contribution in [0.4, 0.5) is 0 Å². The van der Waals surface area contributed by atoms with Crippen LogP contribution in [-0.2, 0) is 17.8 Å². The summed E-state index contributed by atoms with van der Waals surface area (Å²) in [4.78, 5) is 15.5. The van der Waals surface area contributed by atoms with E-state index in [0.29, 0.717) is 12.0 Å². The summed E-state index contributed by atoms with van der Waals surface area (Å²) in [5.41, 5.74) is 2.79. The standard InChI is InChI=1S/C20H32N2O2/c1-4-22(15-20(23)24)19-9-11-21(12-10-19)14-18-7-5-17(6-8-18)13-16(2)3/h5-8,16,19H,4,9-15H2,1-3H3,(H,23,24). The molecule has 4 nitrogen and oxygen atoms in total. The van der Waals surface area contributed by atoms with E-state index in [4.69, 9.17) is 5.11 Å². The van der Waals surface area contributed by atoms with Crippen LogP contribution in [0.2, 0.25) is 0 Å². The minimum absolute atomic E-state index is 0.165. The number of carboxylic acid groups (broad SMARTS) is 1. The zero-order valence-corrected chi connectivity index (χ0v) is 15.4. The first-order valence-corrected chi connectivity index (χ1v) is 9.24. The van der Waals surface area contributed by atoms with Crippen molar-refractivity contribution in [1.82, 2.24) is 9.80 Å². The number of hydrogen-bond donors (Lipinski definition) is 1. The van der Waals surface area contributed by atoms with Crippen LogP contribution >= 0.6 is 0 Å². The quantitative estimate of drug-likeness (QED) is 0.793. The molecule has 1 aliphatic rings. The first kappa shape index (κ1) is 18.9. The second-order valence-electron chi connectivity index (χ2n) is 7.38. The average molecular weight is 332 g/mol. The summed E-state index contributed by atoms with van der Waals surface area (Å²) in [6.45, 7) is 10.6. The average Bonchev–Trinajstić information content (AvgIpc) is 2.54. The highest BCUT2D eigenvalue weighted by Crippen LogP contribution is 2.19. The first-order chi connectivity index (χ1) is 11.5. The van der Waals surface area contributed by atoms with Crippen LogP contribution in [0.3, 0.4) is 0 Å². The van der Waals surface area contributed by atoms with Gasteiger partial charge in [0.05, 0.1) is 6.54 Å². The highest BCUT2D eigenvalue weighted by Gasteiger charge is 2.24. The van der Waals surface area contributed by atoms with Crippen molar-refractivity contribution >= 4 is 5.97 Å². The van der Waals surface area contributed by atoms with Gasteiger partial charge in [0.25, 0.3) is 0 Å². The van der Waals surface area contributed by atoms with Crippen molar-refractivity contribution in [2.24, 2.45) is 5.92 Å². The summed E-state index contributed by atoms with van der Waals surface area (Å²) in [6, 6.07) is 9.44. The number of rotatable bonds is 8. The van der Waals surface area contributed by atoms with Crippen molar-refractivity contribution in [1.29, 1.82) is 0 Å². The molecular weight excluding hydrogens is 300 g/mol. The molecule has 1 saturated heterocycles. The molecule has 0 spiro atoms. The fourth-order valence-electron chi connectivity index (χ4n) is 3.63. The lowest BCUT2D eigenvalue weighted by molar-refractivity contribution is -0.139. The number of piperidine rings is 1. The number of likely N-dealkylation sites (tertiary alicyclic amines) is 1. The van der Waals surface area contributed by atoms with E-state index in [-0.39, 0.29) is 6.54 Å². The second kappa shape index (κ2) is 9.19. The Kier molecular flexibility index (Phi) is 7.25. The molecule has 0 atom stereocenters. The van der Waals surface area contributed by atoms with Gasteiger partial charge in [0.15, 0.2) is 0 Å². The molecule has 0 saturated carbocycles. The number of likely N-dealkylation sites (N-methyl/N-ethyl adjacent to an activating group) is 1. The molecule has 4 heteroatoms. The van der Waals surface area contributed by atoms with Gasteiger partial charge in [-0.15, -0.1) is 0 Å². The van der Waals surface area contributed by atoms with Crippen LogP contribution in [-0.4, -0.2) is 53.1 Å². The summed E-state index contributed by atoms with van der Waals surface area (Å²) in [5, 5.41) is 9.02. The molecule has 0 unspecified atom stereocenters. The van der Waals surface area contributed by atoms with Crippen LogP contribution in [0.1, 0.15) is 44.7 Å². The zero-order chi connectivity index (χ0) is 17.5. The van der Waals surface area contributed by atoms with Crippen LogP contribution in [0.5, 0.6) is 0 Å². The lowest BCUT2D eigenvalue weighted by Crippen LogP contribution is -2.46. The minimum atomic E-state index is -0.722. The third kappa shape index (κ3) is 5.91. The highest BCUT2D eigenvalue weighted by atomic mass is 16.4. The van der Waals surface area contributed by atoms with E-state index in [0.717, 1.165) is 45.4 Å². The molecule has 1 fully saturated rings. The van der Waals surface area contributed by atoms with E-state index in [1.165, 1.54) is 11.1 Å². The Morgan fingerprint density at radius 3 is 2.29 bits per heavy atom. The molecule has 0 bridgehead atoms. The Balaban J connectivity index is 1.81. The number of nitrogens with zero attached hydrogens (tertiary/aromatic N) is 2. The monoisotopic (exact) mass is 332 g/mol. The smallest absolute Gasteiger partial charge is 0.317 e. The largest absolute Gasteiger partial charge is 0.480 e. The summed E-state index contributed by atoms with van der Waals surface area (Å²) in [7, 11) is 0. The Bertz CT molecular complexity index is 505. The van der Waals surface area contributed by atoms with E-state index in [2.05, 4.69) is 47.9 Å². The third-order valence-electron chi connectivity index (χ3n) is 4.89. The number of aliphatic carboxylic acids is 1. The molecule has 134 valence electrons. The summed E-state index contributed by atoms with van der Waals surface area (Å²) < 4.78 is 0. The summed E-state index contributed by atoms with van der Waals surface area (Å²) in [6.07, 6.45) is 3.27. The Morgan fingerprint density at radius 2 is 1.79 bits per heavy atom. The van der Waals surface area contributed by atoms with Crippen molar-refractivity contribution in [2.45, 2.75) is 52.6 Å². The summed E-state index contributed by atoms with van der Waals surface area (Å²) in [5.74, 6) is -0.0250. The van der Waals surface area contributed by atoms with Crippen LogP contribution < -0.4 is 0 Å². The Morgan fingerprint density at radius 1 is 1.21 bits per heavy atom.